The Morgan fingerprint density at radius 2 is 1.92 bits per heavy atom. The van der Waals surface area contributed by atoms with E-state index in [1.165, 1.54) is 23.5 Å². The van der Waals surface area contributed by atoms with E-state index in [0.29, 0.717) is 31.8 Å². The first-order chi connectivity index (χ1) is 11.3. The zero-order chi connectivity index (χ0) is 18.2. The molecule has 1 aromatic rings. The Morgan fingerprint density at radius 3 is 2.52 bits per heavy atom. The van der Waals surface area contributed by atoms with Crippen molar-refractivity contribution in [3.05, 3.63) is 29.8 Å². The van der Waals surface area contributed by atoms with E-state index in [-0.39, 0.29) is 29.3 Å². The van der Waals surface area contributed by atoms with Gasteiger partial charge in [0.05, 0.1) is 11.5 Å². The lowest BCUT2D eigenvalue weighted by molar-refractivity contribution is 0.0953. The molecule has 0 atom stereocenters. The Kier molecular flexibility index (Phi) is 10.9. The van der Waals surface area contributed by atoms with Crippen LogP contribution in [0.3, 0.4) is 0 Å². The number of carbonyl (C=O) groups is 1. The Balaban J connectivity index is 0.00000576. The minimum absolute atomic E-state index is 0. The lowest BCUT2D eigenvalue weighted by Gasteiger charge is -2.21. The van der Waals surface area contributed by atoms with E-state index in [2.05, 4.69) is 10.6 Å². The first-order valence-electron chi connectivity index (χ1n) is 7.86. The molecule has 25 heavy (non-hydrogen) atoms. The number of benzene rings is 1. The lowest BCUT2D eigenvalue weighted by atomic mass is 10.2. The first kappa shape index (κ1) is 23.8. The smallest absolute Gasteiger partial charge is 0.251 e. The summed E-state index contributed by atoms with van der Waals surface area (Å²) in [5, 5.41) is 5.87. The van der Waals surface area contributed by atoms with Crippen LogP contribution in [-0.2, 0) is 14.8 Å². The van der Waals surface area contributed by atoms with Crippen molar-refractivity contribution in [3.63, 3.8) is 0 Å². The highest BCUT2D eigenvalue weighted by atomic mass is 35.5. The molecule has 0 unspecified atom stereocenters. The minimum Gasteiger partial charge on any atom is -0.383 e. The van der Waals surface area contributed by atoms with Gasteiger partial charge in [0, 0.05) is 45.4 Å². The van der Waals surface area contributed by atoms with Crippen LogP contribution in [0.25, 0.3) is 0 Å². The molecule has 0 spiro atoms. The van der Waals surface area contributed by atoms with Crippen LogP contribution in [0.2, 0.25) is 0 Å². The second kappa shape index (κ2) is 11.4. The van der Waals surface area contributed by atoms with E-state index in [4.69, 9.17) is 4.74 Å². The number of carbonyl (C=O) groups excluding carboxylic acids is 1. The number of nitrogens with one attached hydrogen (secondary N) is 2. The van der Waals surface area contributed by atoms with Crippen LogP contribution < -0.4 is 10.6 Å². The fraction of sp³-hybridized carbons (Fsp3) is 0.562. The number of ether oxygens (including phenoxy) is 1. The number of nitrogens with zero attached hydrogens (tertiary/aromatic N) is 1. The SMILES string of the molecule is COCCNCCNC(=O)c1cccc(S(=O)(=O)N(C)C(C)C)c1.Cl. The van der Waals surface area contributed by atoms with Crippen molar-refractivity contribution in [2.24, 2.45) is 0 Å². The fourth-order valence-electron chi connectivity index (χ4n) is 1.91. The molecular weight excluding hydrogens is 366 g/mol. The third-order valence-electron chi connectivity index (χ3n) is 3.57. The Hall–Kier alpha value is -1.19. The molecule has 0 bridgehead atoms. The number of amides is 1. The predicted molar refractivity (Wildman–Crippen MR) is 101 cm³/mol. The van der Waals surface area contributed by atoms with E-state index in [0.717, 1.165) is 0 Å². The van der Waals surface area contributed by atoms with E-state index < -0.39 is 10.0 Å². The van der Waals surface area contributed by atoms with Crippen molar-refractivity contribution in [1.82, 2.24) is 14.9 Å². The number of halogens is 1. The van der Waals surface area contributed by atoms with Crippen molar-refractivity contribution in [2.75, 3.05) is 40.4 Å². The Labute approximate surface area is 156 Å². The van der Waals surface area contributed by atoms with Crippen molar-refractivity contribution in [1.29, 1.82) is 0 Å². The van der Waals surface area contributed by atoms with Gasteiger partial charge in [0.2, 0.25) is 10.0 Å². The molecule has 0 fully saturated rings. The standard InChI is InChI=1S/C16H27N3O4S.ClH/c1-13(2)19(3)24(21,22)15-7-5-6-14(12-15)16(20)18-9-8-17-10-11-23-4;/h5-7,12-13,17H,8-11H2,1-4H3,(H,18,20);1H. The summed E-state index contributed by atoms with van der Waals surface area (Å²) in [7, 11) is -0.450. The van der Waals surface area contributed by atoms with Gasteiger partial charge < -0.3 is 15.4 Å². The van der Waals surface area contributed by atoms with Crippen molar-refractivity contribution >= 4 is 28.3 Å². The highest BCUT2D eigenvalue weighted by Crippen LogP contribution is 2.17. The second-order valence-electron chi connectivity index (χ2n) is 5.64. The van der Waals surface area contributed by atoms with Crippen LogP contribution in [0.15, 0.2) is 29.2 Å². The normalized spacial score (nSPS) is 11.4. The molecule has 0 heterocycles. The van der Waals surface area contributed by atoms with Gasteiger partial charge in [-0.1, -0.05) is 6.07 Å². The summed E-state index contributed by atoms with van der Waals surface area (Å²) < 4.78 is 31.2. The number of hydrogen-bond donors (Lipinski definition) is 2. The van der Waals surface area contributed by atoms with Crippen LogP contribution in [0.1, 0.15) is 24.2 Å². The Bertz CT molecular complexity index is 638. The van der Waals surface area contributed by atoms with E-state index >= 15 is 0 Å². The predicted octanol–water partition coefficient (Wildman–Crippen LogP) is 1.10. The van der Waals surface area contributed by atoms with Gasteiger partial charge in [-0.05, 0) is 32.0 Å². The van der Waals surface area contributed by atoms with E-state index in [9.17, 15) is 13.2 Å². The van der Waals surface area contributed by atoms with Gasteiger partial charge in [-0.2, -0.15) is 4.31 Å². The van der Waals surface area contributed by atoms with E-state index in [1.807, 2.05) is 0 Å². The molecule has 7 nitrogen and oxygen atoms in total. The molecular formula is C16H28ClN3O4S. The molecule has 0 saturated carbocycles. The van der Waals surface area contributed by atoms with E-state index in [1.54, 1.807) is 33.1 Å². The summed E-state index contributed by atoms with van der Waals surface area (Å²) in [4.78, 5) is 12.3. The number of methoxy groups -OCH3 is 1. The molecule has 0 aliphatic heterocycles. The molecule has 0 radical (unpaired) electrons. The molecule has 1 rings (SSSR count). The van der Waals surface area contributed by atoms with Crippen molar-refractivity contribution < 1.29 is 17.9 Å². The zero-order valence-corrected chi connectivity index (χ0v) is 16.7. The molecule has 0 aliphatic carbocycles. The van der Waals surface area contributed by atoms with Crippen LogP contribution >= 0.6 is 12.4 Å². The average Bonchev–Trinajstić information content (AvgIpc) is 2.57. The fourth-order valence-corrected chi connectivity index (χ4v) is 3.32. The maximum Gasteiger partial charge on any atom is 0.251 e. The number of rotatable bonds is 10. The summed E-state index contributed by atoms with van der Waals surface area (Å²) in [6.07, 6.45) is 0. The monoisotopic (exact) mass is 393 g/mol. The van der Waals surface area contributed by atoms with Gasteiger partial charge in [0.15, 0.2) is 0 Å². The molecule has 0 saturated heterocycles. The van der Waals surface area contributed by atoms with Crippen LogP contribution in [0, 0.1) is 0 Å². The summed E-state index contributed by atoms with van der Waals surface area (Å²) in [5.74, 6) is -0.298. The summed E-state index contributed by atoms with van der Waals surface area (Å²) >= 11 is 0. The quantitative estimate of drug-likeness (QED) is 0.581. The molecule has 1 amide bonds. The van der Waals surface area contributed by atoms with Gasteiger partial charge >= 0.3 is 0 Å². The molecule has 2 N–H and O–H groups in total. The Morgan fingerprint density at radius 1 is 1.24 bits per heavy atom. The molecule has 0 aromatic heterocycles. The molecule has 9 heteroatoms. The number of hydrogen-bond acceptors (Lipinski definition) is 5. The summed E-state index contributed by atoms with van der Waals surface area (Å²) in [5.41, 5.74) is 0.324. The van der Waals surface area contributed by atoms with Gasteiger partial charge in [0.1, 0.15) is 0 Å². The van der Waals surface area contributed by atoms with Gasteiger partial charge in [-0.25, -0.2) is 8.42 Å². The molecule has 144 valence electrons. The van der Waals surface area contributed by atoms with Gasteiger partial charge in [-0.15, -0.1) is 12.4 Å². The largest absolute Gasteiger partial charge is 0.383 e. The van der Waals surface area contributed by atoms with Gasteiger partial charge in [-0.3, -0.25) is 4.79 Å². The second-order valence-corrected chi connectivity index (χ2v) is 7.64. The third kappa shape index (κ3) is 7.29. The maximum absolute atomic E-state index is 12.5. The summed E-state index contributed by atoms with van der Waals surface area (Å²) in [6, 6.07) is 5.92. The summed E-state index contributed by atoms with van der Waals surface area (Å²) in [6.45, 7) is 5.98. The topological polar surface area (TPSA) is 87.7 Å². The van der Waals surface area contributed by atoms with Crippen LogP contribution in [0.5, 0.6) is 0 Å². The van der Waals surface area contributed by atoms with Crippen molar-refractivity contribution in [2.45, 2.75) is 24.8 Å². The minimum atomic E-state index is -3.60. The van der Waals surface area contributed by atoms with Gasteiger partial charge in [0.25, 0.3) is 5.91 Å². The highest BCUT2D eigenvalue weighted by molar-refractivity contribution is 7.89. The number of sulfonamides is 1. The van der Waals surface area contributed by atoms with Crippen LogP contribution in [0.4, 0.5) is 0 Å². The third-order valence-corrected chi connectivity index (χ3v) is 5.60. The lowest BCUT2D eigenvalue weighted by Crippen LogP contribution is -2.34. The molecule has 1 aromatic carbocycles. The highest BCUT2D eigenvalue weighted by Gasteiger charge is 2.23. The van der Waals surface area contributed by atoms with Crippen molar-refractivity contribution in [3.8, 4) is 0 Å². The average molecular weight is 394 g/mol. The first-order valence-corrected chi connectivity index (χ1v) is 9.30. The molecule has 0 aliphatic rings. The van der Waals surface area contributed by atoms with Crippen LogP contribution in [-0.4, -0.2) is 65.1 Å². The zero-order valence-electron chi connectivity index (χ0n) is 15.1. The maximum atomic E-state index is 12.5.